The SMILES string of the molecule is CC(=O)NCCS(=O)(=O)CCCCN=C=S. The Morgan fingerprint density at radius 3 is 2.62 bits per heavy atom. The lowest BCUT2D eigenvalue weighted by molar-refractivity contribution is -0.118. The number of hydrogen-bond donors (Lipinski definition) is 1. The molecule has 0 unspecified atom stereocenters. The average Bonchev–Trinajstić information content (AvgIpc) is 2.16. The molecule has 0 spiro atoms. The second-order valence-corrected chi connectivity index (χ2v) is 5.80. The fourth-order valence-electron chi connectivity index (χ4n) is 1.04. The normalized spacial score (nSPS) is 10.6. The standard InChI is InChI=1S/C9H16N2O3S2/c1-9(12)11-5-7-16(13,14)6-3-2-4-10-8-15/h2-7H2,1H3,(H,11,12). The van der Waals surface area contributed by atoms with E-state index in [1.807, 2.05) is 0 Å². The molecular weight excluding hydrogens is 248 g/mol. The van der Waals surface area contributed by atoms with Gasteiger partial charge in [0.2, 0.25) is 5.91 Å². The van der Waals surface area contributed by atoms with Crippen LogP contribution in [0.4, 0.5) is 0 Å². The first-order valence-corrected chi connectivity index (χ1v) is 7.19. The first-order chi connectivity index (χ1) is 7.48. The zero-order valence-electron chi connectivity index (χ0n) is 9.23. The highest BCUT2D eigenvalue weighted by molar-refractivity contribution is 7.91. The van der Waals surface area contributed by atoms with E-state index >= 15 is 0 Å². The number of sulfone groups is 1. The third-order valence-corrected chi connectivity index (χ3v) is 3.69. The number of carbonyl (C=O) groups is 1. The summed E-state index contributed by atoms with van der Waals surface area (Å²) in [5, 5.41) is 4.68. The Bertz CT molecular complexity index is 359. The van der Waals surface area contributed by atoms with Crippen LogP contribution in [0.2, 0.25) is 0 Å². The van der Waals surface area contributed by atoms with E-state index in [9.17, 15) is 13.2 Å². The van der Waals surface area contributed by atoms with Gasteiger partial charge in [0.05, 0.1) is 16.7 Å². The number of amides is 1. The van der Waals surface area contributed by atoms with Gasteiger partial charge in [0.25, 0.3) is 0 Å². The Balaban J connectivity index is 3.70. The molecule has 0 rings (SSSR count). The largest absolute Gasteiger partial charge is 0.355 e. The third-order valence-electron chi connectivity index (χ3n) is 1.83. The monoisotopic (exact) mass is 264 g/mol. The number of unbranched alkanes of at least 4 members (excludes halogenated alkanes) is 1. The Labute approximate surface area is 101 Å². The molecule has 5 nitrogen and oxygen atoms in total. The first-order valence-electron chi connectivity index (χ1n) is 4.96. The number of thiocarbonyl (C=S) groups is 1. The number of nitrogens with one attached hydrogen (secondary N) is 1. The molecule has 0 aromatic carbocycles. The number of rotatable bonds is 8. The lowest BCUT2D eigenvalue weighted by Crippen LogP contribution is -2.27. The van der Waals surface area contributed by atoms with E-state index in [2.05, 4.69) is 27.7 Å². The molecule has 0 aromatic rings. The minimum absolute atomic E-state index is 0.0109. The van der Waals surface area contributed by atoms with Crippen molar-refractivity contribution in [1.82, 2.24) is 5.32 Å². The summed E-state index contributed by atoms with van der Waals surface area (Å²) >= 11 is 4.38. The Hall–Kier alpha value is -0.780. The highest BCUT2D eigenvalue weighted by atomic mass is 32.2. The second-order valence-electron chi connectivity index (χ2n) is 3.31. The average molecular weight is 264 g/mol. The van der Waals surface area contributed by atoms with Crippen LogP contribution < -0.4 is 5.32 Å². The van der Waals surface area contributed by atoms with Gasteiger partial charge in [0, 0.05) is 20.0 Å². The zero-order chi connectivity index (χ0) is 12.4. The fourth-order valence-corrected chi connectivity index (χ4v) is 2.40. The number of aliphatic imine (C=N–C) groups is 1. The molecule has 0 bridgehead atoms. The number of nitrogens with zero attached hydrogens (tertiary/aromatic N) is 1. The summed E-state index contributed by atoms with van der Waals surface area (Å²) in [6.45, 7) is 2.05. The summed E-state index contributed by atoms with van der Waals surface area (Å²) in [6.07, 6.45) is 1.24. The summed E-state index contributed by atoms with van der Waals surface area (Å²) in [5.74, 6) is -0.103. The van der Waals surface area contributed by atoms with E-state index in [0.717, 1.165) is 0 Å². The molecule has 1 N–H and O–H groups in total. The molecular formula is C9H16N2O3S2. The number of carbonyl (C=O) groups excluding carboxylic acids is 1. The van der Waals surface area contributed by atoms with E-state index in [1.54, 1.807) is 0 Å². The van der Waals surface area contributed by atoms with Crippen LogP contribution in [0.5, 0.6) is 0 Å². The molecule has 0 aromatic heterocycles. The number of isothiocyanates is 1. The minimum atomic E-state index is -3.07. The first kappa shape index (κ1) is 15.2. The fraction of sp³-hybridized carbons (Fsp3) is 0.778. The van der Waals surface area contributed by atoms with Crippen molar-refractivity contribution in [2.24, 2.45) is 4.99 Å². The van der Waals surface area contributed by atoms with E-state index in [-0.39, 0.29) is 24.0 Å². The molecule has 1 amide bonds. The lowest BCUT2D eigenvalue weighted by atomic mass is 10.3. The maximum atomic E-state index is 11.4. The van der Waals surface area contributed by atoms with Gasteiger partial charge in [-0.05, 0) is 25.1 Å². The predicted octanol–water partition coefficient (Wildman–Crippen LogP) is 0.420. The topological polar surface area (TPSA) is 75.6 Å². The molecule has 0 saturated carbocycles. The van der Waals surface area contributed by atoms with Crippen molar-refractivity contribution in [3.05, 3.63) is 0 Å². The summed E-state index contributed by atoms with van der Waals surface area (Å²) in [6, 6.07) is 0. The predicted molar refractivity (Wildman–Crippen MR) is 66.5 cm³/mol. The van der Waals surface area contributed by atoms with Crippen LogP contribution >= 0.6 is 12.2 Å². The summed E-state index contributed by atoms with van der Waals surface area (Å²) < 4.78 is 22.9. The summed E-state index contributed by atoms with van der Waals surface area (Å²) in [4.78, 5) is 14.2. The lowest BCUT2D eigenvalue weighted by Gasteiger charge is -2.04. The van der Waals surface area contributed by atoms with Gasteiger partial charge in [-0.25, -0.2) is 13.4 Å². The van der Waals surface area contributed by atoms with Crippen LogP contribution in [0.25, 0.3) is 0 Å². The van der Waals surface area contributed by atoms with Crippen LogP contribution in [0, 0.1) is 0 Å². The maximum absolute atomic E-state index is 11.4. The Morgan fingerprint density at radius 1 is 1.38 bits per heavy atom. The van der Waals surface area contributed by atoms with Crippen molar-refractivity contribution in [2.45, 2.75) is 19.8 Å². The molecule has 0 heterocycles. The van der Waals surface area contributed by atoms with E-state index in [1.165, 1.54) is 6.92 Å². The van der Waals surface area contributed by atoms with Gasteiger partial charge in [-0.3, -0.25) is 4.79 Å². The Kier molecular flexibility index (Phi) is 7.97. The van der Waals surface area contributed by atoms with Crippen molar-refractivity contribution in [2.75, 3.05) is 24.6 Å². The van der Waals surface area contributed by atoms with Crippen molar-refractivity contribution in [3.8, 4) is 0 Å². The van der Waals surface area contributed by atoms with Gasteiger partial charge < -0.3 is 5.32 Å². The zero-order valence-corrected chi connectivity index (χ0v) is 10.9. The molecule has 7 heteroatoms. The van der Waals surface area contributed by atoms with Crippen LogP contribution in [-0.4, -0.2) is 44.1 Å². The molecule has 0 fully saturated rings. The van der Waals surface area contributed by atoms with E-state index in [4.69, 9.17) is 0 Å². The van der Waals surface area contributed by atoms with Crippen LogP contribution in [-0.2, 0) is 14.6 Å². The van der Waals surface area contributed by atoms with Gasteiger partial charge in [-0.2, -0.15) is 0 Å². The molecule has 0 aliphatic heterocycles. The van der Waals surface area contributed by atoms with E-state index < -0.39 is 9.84 Å². The molecule has 0 atom stereocenters. The second kappa shape index (κ2) is 8.38. The highest BCUT2D eigenvalue weighted by Crippen LogP contribution is 1.97. The molecule has 0 aliphatic carbocycles. The van der Waals surface area contributed by atoms with Crippen LogP contribution in [0.3, 0.4) is 0 Å². The van der Waals surface area contributed by atoms with Crippen LogP contribution in [0.15, 0.2) is 4.99 Å². The van der Waals surface area contributed by atoms with Crippen molar-refractivity contribution in [3.63, 3.8) is 0 Å². The smallest absolute Gasteiger partial charge is 0.216 e. The highest BCUT2D eigenvalue weighted by Gasteiger charge is 2.09. The molecule has 0 saturated heterocycles. The molecule has 0 radical (unpaired) electrons. The van der Waals surface area contributed by atoms with Gasteiger partial charge in [0.15, 0.2) is 9.84 Å². The molecule has 0 aliphatic rings. The van der Waals surface area contributed by atoms with Gasteiger partial charge >= 0.3 is 0 Å². The van der Waals surface area contributed by atoms with Gasteiger partial charge in [-0.15, -0.1) is 0 Å². The van der Waals surface area contributed by atoms with Gasteiger partial charge in [-0.1, -0.05) is 0 Å². The third kappa shape index (κ3) is 9.76. The summed E-state index contributed by atoms with van der Waals surface area (Å²) in [7, 11) is -3.07. The molecule has 16 heavy (non-hydrogen) atoms. The maximum Gasteiger partial charge on any atom is 0.216 e. The van der Waals surface area contributed by atoms with Crippen molar-refractivity contribution in [1.29, 1.82) is 0 Å². The van der Waals surface area contributed by atoms with E-state index in [0.29, 0.717) is 19.4 Å². The summed E-state index contributed by atoms with van der Waals surface area (Å²) in [5.41, 5.74) is 0. The minimum Gasteiger partial charge on any atom is -0.355 e. The van der Waals surface area contributed by atoms with Crippen molar-refractivity contribution < 1.29 is 13.2 Å². The van der Waals surface area contributed by atoms with Crippen LogP contribution in [0.1, 0.15) is 19.8 Å². The number of hydrogen-bond acceptors (Lipinski definition) is 5. The Morgan fingerprint density at radius 2 is 2.06 bits per heavy atom. The van der Waals surface area contributed by atoms with Gasteiger partial charge in [0.1, 0.15) is 0 Å². The quantitative estimate of drug-likeness (QED) is 0.392. The molecule has 92 valence electrons. The van der Waals surface area contributed by atoms with Crippen molar-refractivity contribution >= 4 is 33.1 Å².